The predicted molar refractivity (Wildman–Crippen MR) is 71.6 cm³/mol. The van der Waals surface area contributed by atoms with E-state index < -0.39 is 5.91 Å². The van der Waals surface area contributed by atoms with E-state index in [0.717, 1.165) is 5.69 Å². The lowest BCUT2D eigenvalue weighted by Gasteiger charge is -2.09. The van der Waals surface area contributed by atoms with Gasteiger partial charge in [0.05, 0.1) is 12.7 Å². The molecule has 0 saturated carbocycles. The van der Waals surface area contributed by atoms with Crippen molar-refractivity contribution in [3.63, 3.8) is 0 Å². The fourth-order valence-electron chi connectivity index (χ4n) is 1.67. The molecule has 2 N–H and O–H groups in total. The Labute approximate surface area is 110 Å². The van der Waals surface area contributed by atoms with Crippen LogP contribution >= 0.6 is 0 Å². The van der Waals surface area contributed by atoms with Crippen LogP contribution in [0.15, 0.2) is 36.4 Å². The van der Waals surface area contributed by atoms with Gasteiger partial charge < -0.3 is 15.2 Å². The molecule has 1 heterocycles. The molecule has 0 aliphatic carbocycles. The molecule has 0 fully saturated rings. The molecule has 0 aliphatic heterocycles. The first kappa shape index (κ1) is 12.9. The summed E-state index contributed by atoms with van der Waals surface area (Å²) in [5, 5.41) is 12.5. The summed E-state index contributed by atoms with van der Waals surface area (Å²) >= 11 is 0. The molecule has 1 aromatic heterocycles. The zero-order chi connectivity index (χ0) is 13.8. The number of amides is 1. The number of ether oxygens (including phenoxy) is 1. The molecular weight excluding hydrogens is 244 g/mol. The number of aromatic hydroxyl groups is 1. The molecule has 2 aromatic rings. The Morgan fingerprint density at radius 3 is 2.68 bits per heavy atom. The number of nitrogens with one attached hydrogen (secondary N) is 1. The number of para-hydroxylation sites is 1. The van der Waals surface area contributed by atoms with Gasteiger partial charge in [-0.1, -0.05) is 12.1 Å². The summed E-state index contributed by atoms with van der Waals surface area (Å²) in [5.74, 6) is 0.0710. The normalized spacial score (nSPS) is 10.0. The van der Waals surface area contributed by atoms with Gasteiger partial charge in [0.1, 0.15) is 5.82 Å². The molecule has 5 nitrogen and oxygen atoms in total. The van der Waals surface area contributed by atoms with Crippen molar-refractivity contribution in [1.82, 2.24) is 4.98 Å². The first-order valence-corrected chi connectivity index (χ1v) is 5.73. The number of methoxy groups -OCH3 is 1. The van der Waals surface area contributed by atoms with Crippen molar-refractivity contribution in [2.75, 3.05) is 12.4 Å². The summed E-state index contributed by atoms with van der Waals surface area (Å²) in [7, 11) is 1.43. The Hall–Kier alpha value is -2.56. The summed E-state index contributed by atoms with van der Waals surface area (Å²) in [5.41, 5.74) is 0.940. The van der Waals surface area contributed by atoms with Gasteiger partial charge in [0.2, 0.25) is 0 Å². The second kappa shape index (κ2) is 5.39. The van der Waals surface area contributed by atoms with Gasteiger partial charge in [-0.2, -0.15) is 0 Å². The molecule has 19 heavy (non-hydrogen) atoms. The van der Waals surface area contributed by atoms with Crippen molar-refractivity contribution in [3.05, 3.63) is 47.7 Å². The van der Waals surface area contributed by atoms with E-state index in [1.807, 2.05) is 13.0 Å². The Kier molecular flexibility index (Phi) is 3.66. The molecule has 0 aliphatic rings. The highest BCUT2D eigenvalue weighted by Gasteiger charge is 2.15. The topological polar surface area (TPSA) is 71.5 Å². The second-order valence-electron chi connectivity index (χ2n) is 3.97. The molecular formula is C14H14N2O3. The standard InChI is InChI=1S/C14H14N2O3/c1-9-5-3-8-12(15-9)16-14(18)10-6-4-7-11(19-2)13(10)17/h3-8,17H,1-2H3,(H,15,16,18). The van der Waals surface area contributed by atoms with Gasteiger partial charge >= 0.3 is 0 Å². The molecule has 1 amide bonds. The number of anilines is 1. The number of hydrogen-bond acceptors (Lipinski definition) is 4. The number of benzene rings is 1. The molecule has 5 heteroatoms. The van der Waals surface area contributed by atoms with Gasteiger partial charge in [-0.25, -0.2) is 4.98 Å². The summed E-state index contributed by atoms with van der Waals surface area (Å²) in [6.07, 6.45) is 0. The van der Waals surface area contributed by atoms with E-state index in [9.17, 15) is 9.90 Å². The molecule has 0 saturated heterocycles. The molecule has 0 unspecified atom stereocenters. The summed E-state index contributed by atoms with van der Waals surface area (Å²) in [4.78, 5) is 16.2. The van der Waals surface area contributed by atoms with E-state index in [4.69, 9.17) is 4.74 Å². The SMILES string of the molecule is COc1cccc(C(=O)Nc2cccc(C)n2)c1O. The molecule has 0 atom stereocenters. The maximum absolute atomic E-state index is 12.0. The minimum Gasteiger partial charge on any atom is -0.504 e. The van der Waals surface area contributed by atoms with Crippen molar-refractivity contribution < 1.29 is 14.6 Å². The zero-order valence-electron chi connectivity index (χ0n) is 10.7. The van der Waals surface area contributed by atoms with Crippen molar-refractivity contribution in [2.45, 2.75) is 6.92 Å². The Morgan fingerprint density at radius 1 is 1.26 bits per heavy atom. The van der Waals surface area contributed by atoms with Gasteiger partial charge in [0.15, 0.2) is 11.5 Å². The number of nitrogens with zero attached hydrogens (tertiary/aromatic N) is 1. The third kappa shape index (κ3) is 2.82. The summed E-state index contributed by atoms with van der Waals surface area (Å²) in [6.45, 7) is 1.83. The lowest BCUT2D eigenvalue weighted by atomic mass is 10.1. The minimum absolute atomic E-state index is 0.141. The predicted octanol–water partition coefficient (Wildman–Crippen LogP) is 2.36. The van der Waals surface area contributed by atoms with Crippen LogP contribution in [-0.4, -0.2) is 23.1 Å². The lowest BCUT2D eigenvalue weighted by Crippen LogP contribution is -2.13. The van der Waals surface area contributed by atoms with Crippen LogP contribution in [0.4, 0.5) is 5.82 Å². The number of aryl methyl sites for hydroxylation is 1. The van der Waals surface area contributed by atoms with Crippen LogP contribution in [0.3, 0.4) is 0 Å². The van der Waals surface area contributed by atoms with Crippen molar-refractivity contribution in [2.24, 2.45) is 0 Å². The summed E-state index contributed by atoms with van der Waals surface area (Å²) < 4.78 is 4.96. The Balaban J connectivity index is 2.25. The molecule has 98 valence electrons. The highest BCUT2D eigenvalue weighted by molar-refractivity contribution is 6.06. The van der Waals surface area contributed by atoms with E-state index in [0.29, 0.717) is 5.82 Å². The van der Waals surface area contributed by atoms with Crippen LogP contribution < -0.4 is 10.1 Å². The maximum atomic E-state index is 12.0. The summed E-state index contributed by atoms with van der Waals surface area (Å²) in [6, 6.07) is 10.0. The van der Waals surface area contributed by atoms with Gasteiger partial charge in [0.25, 0.3) is 5.91 Å². The molecule has 0 spiro atoms. The molecule has 2 rings (SSSR count). The first-order chi connectivity index (χ1) is 9.11. The fraction of sp³-hybridized carbons (Fsp3) is 0.143. The number of carbonyl (C=O) groups excluding carboxylic acids is 1. The van der Waals surface area contributed by atoms with Crippen molar-refractivity contribution >= 4 is 11.7 Å². The van der Waals surface area contributed by atoms with Gasteiger partial charge in [0, 0.05) is 5.69 Å². The van der Waals surface area contributed by atoms with E-state index >= 15 is 0 Å². The van der Waals surface area contributed by atoms with Gasteiger partial charge in [-0.05, 0) is 31.2 Å². The Bertz CT molecular complexity index is 611. The van der Waals surface area contributed by atoms with E-state index in [2.05, 4.69) is 10.3 Å². The maximum Gasteiger partial charge on any atom is 0.260 e. The first-order valence-electron chi connectivity index (χ1n) is 5.73. The van der Waals surface area contributed by atoms with Crippen LogP contribution in [0.5, 0.6) is 11.5 Å². The highest BCUT2D eigenvalue weighted by Crippen LogP contribution is 2.29. The lowest BCUT2D eigenvalue weighted by molar-refractivity contribution is 0.102. The number of phenols is 1. The number of pyridine rings is 1. The number of phenolic OH excluding ortho intramolecular Hbond substituents is 1. The number of rotatable bonds is 3. The molecule has 0 radical (unpaired) electrons. The van der Waals surface area contributed by atoms with Crippen LogP contribution in [0.2, 0.25) is 0 Å². The minimum atomic E-state index is -0.436. The number of aromatic nitrogens is 1. The third-order valence-corrected chi connectivity index (χ3v) is 2.59. The van der Waals surface area contributed by atoms with E-state index in [-0.39, 0.29) is 17.1 Å². The van der Waals surface area contributed by atoms with Crippen LogP contribution in [0, 0.1) is 6.92 Å². The molecule has 1 aromatic carbocycles. The van der Waals surface area contributed by atoms with Crippen LogP contribution in [0.25, 0.3) is 0 Å². The van der Waals surface area contributed by atoms with E-state index in [1.165, 1.54) is 13.2 Å². The van der Waals surface area contributed by atoms with Crippen molar-refractivity contribution in [1.29, 1.82) is 0 Å². The smallest absolute Gasteiger partial charge is 0.260 e. The quantitative estimate of drug-likeness (QED) is 0.886. The van der Waals surface area contributed by atoms with E-state index in [1.54, 1.807) is 24.3 Å². The molecule has 0 bridgehead atoms. The second-order valence-corrected chi connectivity index (χ2v) is 3.97. The average molecular weight is 258 g/mol. The Morgan fingerprint density at radius 2 is 2.00 bits per heavy atom. The number of hydrogen-bond donors (Lipinski definition) is 2. The van der Waals surface area contributed by atoms with Gasteiger partial charge in [-0.15, -0.1) is 0 Å². The third-order valence-electron chi connectivity index (χ3n) is 2.59. The van der Waals surface area contributed by atoms with Gasteiger partial charge in [-0.3, -0.25) is 4.79 Å². The monoisotopic (exact) mass is 258 g/mol. The van der Waals surface area contributed by atoms with Crippen LogP contribution in [0.1, 0.15) is 16.1 Å². The average Bonchev–Trinajstić information content (AvgIpc) is 2.39. The fourth-order valence-corrected chi connectivity index (χ4v) is 1.67. The highest BCUT2D eigenvalue weighted by atomic mass is 16.5. The number of carbonyl (C=O) groups is 1. The largest absolute Gasteiger partial charge is 0.504 e. The van der Waals surface area contributed by atoms with Crippen LogP contribution in [-0.2, 0) is 0 Å². The van der Waals surface area contributed by atoms with Crippen molar-refractivity contribution in [3.8, 4) is 11.5 Å². The zero-order valence-corrected chi connectivity index (χ0v) is 10.7.